The summed E-state index contributed by atoms with van der Waals surface area (Å²) in [7, 11) is -3.77. The molecule has 0 fully saturated rings. The van der Waals surface area contributed by atoms with Gasteiger partial charge in [0.05, 0.1) is 5.25 Å². The van der Waals surface area contributed by atoms with E-state index in [4.69, 9.17) is 5.73 Å². The molecule has 6 heteroatoms. The molecule has 1 aromatic carbocycles. The maximum atomic E-state index is 13.6. The van der Waals surface area contributed by atoms with Gasteiger partial charge in [0.15, 0.2) is 9.84 Å². The smallest absolute Gasteiger partial charge is 0.186 e. The molecule has 0 aromatic heterocycles. The van der Waals surface area contributed by atoms with Crippen molar-refractivity contribution < 1.29 is 17.2 Å². The van der Waals surface area contributed by atoms with E-state index in [1.807, 2.05) is 6.92 Å². The molecule has 94 valence electrons. The fourth-order valence-corrected chi connectivity index (χ4v) is 4.53. The number of halogens is 2. The molecule has 1 aliphatic heterocycles. The van der Waals surface area contributed by atoms with Crippen molar-refractivity contribution in [3.63, 3.8) is 0 Å². The molecule has 2 atom stereocenters. The van der Waals surface area contributed by atoms with E-state index >= 15 is 0 Å². The average molecular weight is 261 g/mol. The van der Waals surface area contributed by atoms with Crippen LogP contribution in [0.3, 0.4) is 0 Å². The number of hydrogen-bond acceptors (Lipinski definition) is 3. The Kier molecular flexibility index (Phi) is 2.95. The van der Waals surface area contributed by atoms with Gasteiger partial charge in [0.2, 0.25) is 0 Å². The van der Waals surface area contributed by atoms with Crippen molar-refractivity contribution in [1.29, 1.82) is 0 Å². The van der Waals surface area contributed by atoms with E-state index in [0.717, 1.165) is 6.07 Å². The maximum absolute atomic E-state index is 13.6. The predicted molar refractivity (Wildman–Crippen MR) is 59.2 cm³/mol. The third-order valence-electron chi connectivity index (χ3n) is 3.05. The summed E-state index contributed by atoms with van der Waals surface area (Å²) in [5.41, 5.74) is 5.83. The lowest BCUT2D eigenvalue weighted by Gasteiger charge is -2.13. The third-order valence-corrected chi connectivity index (χ3v) is 5.38. The van der Waals surface area contributed by atoms with Gasteiger partial charge >= 0.3 is 0 Å². The summed E-state index contributed by atoms with van der Waals surface area (Å²) in [6, 6.07) is 0.744. The predicted octanol–water partition coefficient (Wildman–Crippen LogP) is 1.92. The monoisotopic (exact) mass is 261 g/mol. The lowest BCUT2D eigenvalue weighted by Crippen LogP contribution is -2.26. The van der Waals surface area contributed by atoms with Gasteiger partial charge in [0.25, 0.3) is 0 Å². The van der Waals surface area contributed by atoms with Crippen molar-refractivity contribution in [2.24, 2.45) is 5.73 Å². The molecule has 0 saturated carbocycles. The van der Waals surface area contributed by atoms with E-state index < -0.39 is 37.7 Å². The van der Waals surface area contributed by atoms with Crippen molar-refractivity contribution in [3.05, 3.63) is 29.3 Å². The first-order chi connectivity index (χ1) is 7.89. The van der Waals surface area contributed by atoms with Crippen LogP contribution in [0.15, 0.2) is 17.0 Å². The van der Waals surface area contributed by atoms with E-state index in [9.17, 15) is 17.2 Å². The average Bonchev–Trinajstić information content (AvgIpc) is 2.39. The summed E-state index contributed by atoms with van der Waals surface area (Å²) in [6.07, 6.45) is 0.967. The Hall–Kier alpha value is -1.01. The van der Waals surface area contributed by atoms with Crippen molar-refractivity contribution in [1.82, 2.24) is 0 Å². The van der Waals surface area contributed by atoms with Gasteiger partial charge in [-0.25, -0.2) is 17.2 Å². The van der Waals surface area contributed by atoms with Gasteiger partial charge in [-0.05, 0) is 18.1 Å². The van der Waals surface area contributed by atoms with Crippen LogP contribution in [0.2, 0.25) is 0 Å². The fraction of sp³-hybridized carbons (Fsp3) is 0.455. The fourth-order valence-electron chi connectivity index (χ4n) is 2.29. The molecule has 1 aromatic rings. The molecule has 2 unspecified atom stereocenters. The number of benzene rings is 1. The largest absolute Gasteiger partial charge is 0.323 e. The van der Waals surface area contributed by atoms with Crippen molar-refractivity contribution >= 4 is 9.84 Å². The zero-order chi connectivity index (χ0) is 12.8. The Morgan fingerprint density at radius 1 is 1.35 bits per heavy atom. The Morgan fingerprint density at radius 3 is 2.59 bits per heavy atom. The minimum Gasteiger partial charge on any atom is -0.323 e. The molecular formula is C11H13F2NO2S. The SMILES string of the molecule is CCCC1C(N)c2cc(F)cc(F)c2S1(=O)=O. The molecule has 0 bridgehead atoms. The van der Waals surface area contributed by atoms with Gasteiger partial charge in [0, 0.05) is 12.1 Å². The Morgan fingerprint density at radius 2 is 2.00 bits per heavy atom. The normalized spacial score (nSPS) is 25.9. The van der Waals surface area contributed by atoms with Gasteiger partial charge in [-0.1, -0.05) is 13.3 Å². The molecule has 1 heterocycles. The van der Waals surface area contributed by atoms with Gasteiger partial charge < -0.3 is 5.73 Å². The Bertz CT molecular complexity index is 557. The number of fused-ring (bicyclic) bond motifs is 1. The highest BCUT2D eigenvalue weighted by atomic mass is 32.2. The van der Waals surface area contributed by atoms with Crippen LogP contribution in [-0.2, 0) is 9.84 Å². The number of sulfone groups is 1. The van der Waals surface area contributed by atoms with E-state index in [0.29, 0.717) is 18.9 Å². The molecule has 2 rings (SSSR count). The second-order valence-electron chi connectivity index (χ2n) is 4.20. The molecule has 0 amide bonds. The number of hydrogen-bond donors (Lipinski definition) is 1. The van der Waals surface area contributed by atoms with Gasteiger partial charge in [0.1, 0.15) is 16.5 Å². The molecule has 0 spiro atoms. The highest BCUT2D eigenvalue weighted by molar-refractivity contribution is 7.92. The molecule has 0 saturated heterocycles. The number of nitrogens with two attached hydrogens (primary N) is 1. The van der Waals surface area contributed by atoms with Crippen LogP contribution < -0.4 is 5.73 Å². The summed E-state index contributed by atoms with van der Waals surface area (Å²) in [5.74, 6) is -1.85. The van der Waals surface area contributed by atoms with E-state index in [2.05, 4.69) is 0 Å². The molecule has 0 radical (unpaired) electrons. The van der Waals surface area contributed by atoms with Crippen molar-refractivity contribution in [3.8, 4) is 0 Å². The zero-order valence-corrected chi connectivity index (χ0v) is 10.1. The van der Waals surface area contributed by atoms with Crippen LogP contribution >= 0.6 is 0 Å². The zero-order valence-electron chi connectivity index (χ0n) is 9.28. The third kappa shape index (κ3) is 1.75. The summed E-state index contributed by atoms with van der Waals surface area (Å²) in [4.78, 5) is -0.426. The van der Waals surface area contributed by atoms with Gasteiger partial charge in [-0.2, -0.15) is 0 Å². The van der Waals surface area contributed by atoms with Crippen LogP contribution in [-0.4, -0.2) is 13.7 Å². The molecule has 2 N–H and O–H groups in total. The minimum absolute atomic E-state index is 0.0564. The Labute approximate surface area is 98.5 Å². The van der Waals surface area contributed by atoms with E-state index in [1.54, 1.807) is 0 Å². The van der Waals surface area contributed by atoms with Crippen molar-refractivity contribution in [2.75, 3.05) is 0 Å². The molecule has 0 aliphatic carbocycles. The lowest BCUT2D eigenvalue weighted by atomic mass is 10.0. The standard InChI is InChI=1S/C11H13F2NO2S/c1-2-3-9-10(14)7-4-6(12)5-8(13)11(7)17(9,15)16/h4-5,9-10H,2-3,14H2,1H3. The lowest BCUT2D eigenvalue weighted by molar-refractivity contribution is 0.549. The molecular weight excluding hydrogens is 248 g/mol. The summed E-state index contributed by atoms with van der Waals surface area (Å²) >= 11 is 0. The Balaban J connectivity index is 2.67. The van der Waals surface area contributed by atoms with Crippen LogP contribution in [0.1, 0.15) is 31.4 Å². The molecule has 17 heavy (non-hydrogen) atoms. The highest BCUT2D eigenvalue weighted by Crippen LogP contribution is 2.41. The van der Waals surface area contributed by atoms with Gasteiger partial charge in [-0.3, -0.25) is 0 Å². The first kappa shape index (κ1) is 12.4. The quantitative estimate of drug-likeness (QED) is 0.827. The van der Waals surface area contributed by atoms with Crippen LogP contribution in [0.4, 0.5) is 8.78 Å². The van der Waals surface area contributed by atoms with Gasteiger partial charge in [-0.15, -0.1) is 0 Å². The number of rotatable bonds is 2. The maximum Gasteiger partial charge on any atom is 0.186 e. The first-order valence-electron chi connectivity index (χ1n) is 5.38. The van der Waals surface area contributed by atoms with E-state index in [1.165, 1.54) is 0 Å². The summed E-state index contributed by atoms with van der Waals surface area (Å²) in [6.45, 7) is 1.82. The molecule has 1 aliphatic rings. The van der Waals surface area contributed by atoms with Crippen LogP contribution in [0.25, 0.3) is 0 Å². The summed E-state index contributed by atoms with van der Waals surface area (Å²) < 4.78 is 50.8. The summed E-state index contributed by atoms with van der Waals surface area (Å²) in [5, 5.41) is -0.848. The second kappa shape index (κ2) is 4.03. The minimum atomic E-state index is -3.77. The first-order valence-corrected chi connectivity index (χ1v) is 6.92. The van der Waals surface area contributed by atoms with Crippen LogP contribution in [0, 0.1) is 11.6 Å². The van der Waals surface area contributed by atoms with Crippen LogP contribution in [0.5, 0.6) is 0 Å². The topological polar surface area (TPSA) is 60.2 Å². The second-order valence-corrected chi connectivity index (χ2v) is 6.31. The van der Waals surface area contributed by atoms with E-state index in [-0.39, 0.29) is 5.56 Å². The van der Waals surface area contributed by atoms with Crippen molar-refractivity contribution in [2.45, 2.75) is 36.0 Å². The molecule has 3 nitrogen and oxygen atoms in total. The highest BCUT2D eigenvalue weighted by Gasteiger charge is 2.44.